The molecule has 0 saturated carbocycles. The lowest BCUT2D eigenvalue weighted by Crippen LogP contribution is -2.32. The fourth-order valence-corrected chi connectivity index (χ4v) is 3.13. The molecule has 33 heavy (non-hydrogen) atoms. The third kappa shape index (κ3) is 7.24. The number of hydrogen-bond acceptors (Lipinski definition) is 5. The maximum absolute atomic E-state index is 12.0. The van der Waals surface area contributed by atoms with Gasteiger partial charge in [0.25, 0.3) is 0 Å². The number of nitrogens with zero attached hydrogens (tertiary/aromatic N) is 1. The molecule has 0 aliphatic carbocycles. The van der Waals surface area contributed by atoms with Gasteiger partial charge in [0.15, 0.2) is 11.5 Å². The fourth-order valence-electron chi connectivity index (χ4n) is 2.74. The molecular formula is C24H21Cl2N3O4. The Morgan fingerprint density at radius 1 is 0.939 bits per heavy atom. The van der Waals surface area contributed by atoms with E-state index in [0.717, 1.165) is 5.56 Å². The number of halogens is 2. The van der Waals surface area contributed by atoms with Gasteiger partial charge < -0.3 is 14.8 Å². The number of carbonyl (C=O) groups is 2. The van der Waals surface area contributed by atoms with Gasteiger partial charge >= 0.3 is 11.8 Å². The lowest BCUT2D eigenvalue weighted by molar-refractivity contribution is -0.136. The molecule has 170 valence electrons. The molecule has 3 rings (SSSR count). The molecule has 7 nitrogen and oxygen atoms in total. The van der Waals surface area contributed by atoms with Crippen LogP contribution in [-0.2, 0) is 16.2 Å². The standard InChI is InChI=1S/C24H21Cl2N3O4/c1-2-32-22-13-16(10-11-21(22)33-15-17-6-5-7-18(25)12-17)14-27-29-24(31)23(30)28-20-9-4-3-8-19(20)26/h3-14H,2,15H2,1H3,(H,28,30)(H,29,31)/b27-14+. The van der Waals surface area contributed by atoms with Gasteiger partial charge in [-0.15, -0.1) is 0 Å². The summed E-state index contributed by atoms with van der Waals surface area (Å²) in [6.07, 6.45) is 1.39. The van der Waals surface area contributed by atoms with Crippen molar-refractivity contribution in [3.8, 4) is 11.5 Å². The molecule has 0 unspecified atom stereocenters. The van der Waals surface area contributed by atoms with Gasteiger partial charge in [0.2, 0.25) is 0 Å². The zero-order chi connectivity index (χ0) is 23.6. The van der Waals surface area contributed by atoms with E-state index in [1.54, 1.807) is 48.5 Å². The van der Waals surface area contributed by atoms with Crippen molar-refractivity contribution >= 4 is 46.9 Å². The molecule has 9 heteroatoms. The lowest BCUT2D eigenvalue weighted by atomic mass is 10.2. The van der Waals surface area contributed by atoms with Crippen molar-refractivity contribution in [1.29, 1.82) is 0 Å². The van der Waals surface area contributed by atoms with E-state index in [2.05, 4.69) is 15.8 Å². The molecule has 0 bridgehead atoms. The summed E-state index contributed by atoms with van der Waals surface area (Å²) in [6.45, 7) is 2.62. The Morgan fingerprint density at radius 2 is 1.76 bits per heavy atom. The van der Waals surface area contributed by atoms with Crippen LogP contribution >= 0.6 is 23.2 Å². The first-order valence-corrected chi connectivity index (χ1v) is 10.7. The number of anilines is 1. The third-order valence-corrected chi connectivity index (χ3v) is 4.82. The van der Waals surface area contributed by atoms with Crippen LogP contribution in [0.2, 0.25) is 10.0 Å². The highest BCUT2D eigenvalue weighted by molar-refractivity contribution is 6.41. The highest BCUT2D eigenvalue weighted by Crippen LogP contribution is 2.29. The van der Waals surface area contributed by atoms with Crippen LogP contribution in [0.5, 0.6) is 11.5 Å². The van der Waals surface area contributed by atoms with Crippen LogP contribution in [0.15, 0.2) is 71.8 Å². The highest BCUT2D eigenvalue weighted by atomic mass is 35.5. The van der Waals surface area contributed by atoms with Crippen LogP contribution in [0.4, 0.5) is 5.69 Å². The Morgan fingerprint density at radius 3 is 2.52 bits per heavy atom. The molecule has 0 aromatic heterocycles. The normalized spacial score (nSPS) is 10.6. The topological polar surface area (TPSA) is 89.0 Å². The van der Waals surface area contributed by atoms with Gasteiger partial charge in [-0.1, -0.05) is 47.5 Å². The lowest BCUT2D eigenvalue weighted by Gasteiger charge is -2.12. The molecule has 2 N–H and O–H groups in total. The van der Waals surface area contributed by atoms with E-state index in [9.17, 15) is 9.59 Å². The van der Waals surface area contributed by atoms with Crippen LogP contribution in [0.3, 0.4) is 0 Å². The van der Waals surface area contributed by atoms with Crippen LogP contribution in [0.1, 0.15) is 18.1 Å². The SMILES string of the molecule is CCOc1cc(/C=N/NC(=O)C(=O)Nc2ccccc2Cl)ccc1OCc1cccc(Cl)c1. The van der Waals surface area contributed by atoms with Crippen molar-refractivity contribution in [2.45, 2.75) is 13.5 Å². The van der Waals surface area contributed by atoms with E-state index in [0.29, 0.717) is 46.0 Å². The maximum Gasteiger partial charge on any atom is 0.329 e. The van der Waals surface area contributed by atoms with Crippen molar-refractivity contribution < 1.29 is 19.1 Å². The van der Waals surface area contributed by atoms with Gasteiger partial charge in [0.1, 0.15) is 6.61 Å². The second-order valence-electron chi connectivity index (χ2n) is 6.69. The van der Waals surface area contributed by atoms with Crippen molar-refractivity contribution in [1.82, 2.24) is 5.43 Å². The molecule has 0 heterocycles. The molecule has 0 fully saturated rings. The van der Waals surface area contributed by atoms with E-state index in [1.165, 1.54) is 6.21 Å². The number of benzene rings is 3. The van der Waals surface area contributed by atoms with Crippen LogP contribution in [-0.4, -0.2) is 24.6 Å². The molecule has 0 saturated heterocycles. The van der Waals surface area contributed by atoms with E-state index >= 15 is 0 Å². The number of para-hydroxylation sites is 1. The van der Waals surface area contributed by atoms with Gasteiger partial charge in [0.05, 0.1) is 23.5 Å². The first-order valence-electron chi connectivity index (χ1n) is 9.99. The molecule has 0 radical (unpaired) electrons. The monoisotopic (exact) mass is 485 g/mol. The number of amides is 2. The minimum atomic E-state index is -0.933. The molecular weight excluding hydrogens is 465 g/mol. The summed E-state index contributed by atoms with van der Waals surface area (Å²) in [4.78, 5) is 24.0. The average molecular weight is 486 g/mol. The largest absolute Gasteiger partial charge is 0.490 e. The van der Waals surface area contributed by atoms with Crippen LogP contribution in [0.25, 0.3) is 0 Å². The average Bonchev–Trinajstić information content (AvgIpc) is 2.80. The van der Waals surface area contributed by atoms with Gasteiger partial charge in [-0.3, -0.25) is 9.59 Å². The minimum Gasteiger partial charge on any atom is -0.490 e. The van der Waals surface area contributed by atoms with Crippen LogP contribution < -0.4 is 20.2 Å². The fraction of sp³-hybridized carbons (Fsp3) is 0.125. The van der Waals surface area contributed by atoms with Crippen molar-refractivity contribution in [2.75, 3.05) is 11.9 Å². The predicted molar refractivity (Wildman–Crippen MR) is 129 cm³/mol. The minimum absolute atomic E-state index is 0.322. The molecule has 0 spiro atoms. The summed E-state index contributed by atoms with van der Waals surface area (Å²) >= 11 is 12.0. The Hall–Kier alpha value is -3.55. The number of hydrogen-bond donors (Lipinski definition) is 2. The van der Waals surface area contributed by atoms with Crippen molar-refractivity contribution in [3.63, 3.8) is 0 Å². The van der Waals surface area contributed by atoms with Crippen molar-refractivity contribution in [3.05, 3.63) is 87.9 Å². The van der Waals surface area contributed by atoms with E-state index < -0.39 is 11.8 Å². The summed E-state index contributed by atoms with van der Waals surface area (Å²) in [6, 6.07) is 19.2. The Balaban J connectivity index is 1.60. The number of ether oxygens (including phenoxy) is 2. The Bertz CT molecular complexity index is 1170. The first-order chi connectivity index (χ1) is 16.0. The zero-order valence-electron chi connectivity index (χ0n) is 17.7. The van der Waals surface area contributed by atoms with Crippen molar-refractivity contribution in [2.24, 2.45) is 5.10 Å². The number of hydrazone groups is 1. The Labute approximate surface area is 201 Å². The summed E-state index contributed by atoms with van der Waals surface area (Å²) in [7, 11) is 0. The summed E-state index contributed by atoms with van der Waals surface area (Å²) in [5.74, 6) is -0.749. The van der Waals surface area contributed by atoms with Gasteiger partial charge in [0, 0.05) is 5.02 Å². The molecule has 0 aliphatic heterocycles. The smallest absolute Gasteiger partial charge is 0.329 e. The number of nitrogens with one attached hydrogen (secondary N) is 2. The predicted octanol–water partition coefficient (Wildman–Crippen LogP) is 5.06. The molecule has 0 aliphatic rings. The summed E-state index contributed by atoms with van der Waals surface area (Å²) in [5.41, 5.74) is 4.07. The Kier molecular flexibility index (Phi) is 8.69. The van der Waals surface area contributed by atoms with Gasteiger partial charge in [-0.25, -0.2) is 5.43 Å². The van der Waals surface area contributed by atoms with E-state index in [1.807, 2.05) is 25.1 Å². The number of carbonyl (C=O) groups excluding carboxylic acids is 2. The number of rotatable bonds is 8. The summed E-state index contributed by atoms with van der Waals surface area (Å²) < 4.78 is 11.5. The third-order valence-electron chi connectivity index (χ3n) is 4.26. The maximum atomic E-state index is 12.0. The molecule has 2 amide bonds. The molecule has 3 aromatic carbocycles. The quantitative estimate of drug-likeness (QED) is 0.265. The van der Waals surface area contributed by atoms with Crippen LogP contribution in [0, 0.1) is 0 Å². The molecule has 0 atom stereocenters. The van der Waals surface area contributed by atoms with E-state index in [-0.39, 0.29) is 0 Å². The summed E-state index contributed by atoms with van der Waals surface area (Å²) in [5, 5.41) is 7.21. The molecule has 3 aromatic rings. The first kappa shape index (κ1) is 24.1. The zero-order valence-corrected chi connectivity index (χ0v) is 19.2. The van der Waals surface area contributed by atoms with Gasteiger partial charge in [-0.2, -0.15) is 5.10 Å². The highest BCUT2D eigenvalue weighted by Gasteiger charge is 2.14. The van der Waals surface area contributed by atoms with Gasteiger partial charge in [-0.05, 0) is 60.5 Å². The second kappa shape index (κ2) is 11.9. The van der Waals surface area contributed by atoms with E-state index in [4.69, 9.17) is 32.7 Å². The second-order valence-corrected chi connectivity index (χ2v) is 7.53.